The van der Waals surface area contributed by atoms with Crippen LogP contribution in [0.1, 0.15) is 68.2 Å². The van der Waals surface area contributed by atoms with Gasteiger partial charge < -0.3 is 0 Å². The van der Waals surface area contributed by atoms with Gasteiger partial charge in [0.2, 0.25) is 0 Å². The topological polar surface area (TPSA) is 0 Å². The van der Waals surface area contributed by atoms with Crippen molar-refractivity contribution in [1.29, 1.82) is 0 Å². The monoisotopic (exact) mass is 234 g/mol. The summed E-state index contributed by atoms with van der Waals surface area (Å²) >= 11 is 0. The maximum Gasteiger partial charge on any atom is -0.0231 e. The maximum absolute atomic E-state index is 2.33. The molecule has 0 heteroatoms. The highest BCUT2D eigenvalue weighted by atomic mass is 14.1. The van der Waals surface area contributed by atoms with E-state index in [2.05, 4.69) is 61.5 Å². The van der Waals surface area contributed by atoms with Crippen LogP contribution in [0.3, 0.4) is 0 Å². The van der Waals surface area contributed by atoms with Gasteiger partial charge in [-0.1, -0.05) is 43.6 Å². The Kier molecular flexibility index (Phi) is 7.18. The van der Waals surface area contributed by atoms with E-state index >= 15 is 0 Å². The van der Waals surface area contributed by atoms with Crippen LogP contribution in [0.25, 0.3) is 0 Å². The highest BCUT2D eigenvalue weighted by molar-refractivity contribution is 5.38. The van der Waals surface area contributed by atoms with Crippen molar-refractivity contribution in [2.45, 2.75) is 68.2 Å². The Morgan fingerprint density at radius 3 is 1.94 bits per heavy atom. The van der Waals surface area contributed by atoms with Gasteiger partial charge in [0, 0.05) is 0 Å². The van der Waals surface area contributed by atoms with Crippen LogP contribution in [0.15, 0.2) is 33.9 Å². The summed E-state index contributed by atoms with van der Waals surface area (Å²) in [6.45, 7) is 18.0. The van der Waals surface area contributed by atoms with Crippen LogP contribution < -0.4 is 0 Å². The van der Waals surface area contributed by atoms with Gasteiger partial charge in [0.05, 0.1) is 0 Å². The van der Waals surface area contributed by atoms with E-state index in [9.17, 15) is 0 Å². The zero-order chi connectivity index (χ0) is 13.6. The molecule has 0 N–H and O–H groups in total. The van der Waals surface area contributed by atoms with E-state index in [0.29, 0.717) is 5.92 Å². The highest BCUT2D eigenvalue weighted by Crippen LogP contribution is 2.23. The molecule has 0 aromatic carbocycles. The fourth-order valence-corrected chi connectivity index (χ4v) is 1.82. The lowest BCUT2D eigenvalue weighted by Crippen LogP contribution is -1.98. The zero-order valence-corrected chi connectivity index (χ0v) is 13.1. The van der Waals surface area contributed by atoms with Crippen LogP contribution in [-0.4, -0.2) is 0 Å². The molecule has 0 saturated carbocycles. The third-order valence-electron chi connectivity index (χ3n) is 4.17. The predicted octanol–water partition coefficient (Wildman–Crippen LogP) is 6.06. The molecular formula is C17H30. The second kappa shape index (κ2) is 7.53. The van der Waals surface area contributed by atoms with E-state index in [1.807, 2.05) is 0 Å². The molecule has 0 aromatic rings. The van der Waals surface area contributed by atoms with Crippen LogP contribution in [0, 0.1) is 5.92 Å². The average molecular weight is 234 g/mol. The molecule has 0 nitrogen and oxygen atoms in total. The van der Waals surface area contributed by atoms with Crippen molar-refractivity contribution in [3.63, 3.8) is 0 Å². The molecule has 0 spiro atoms. The molecule has 0 rings (SSSR count). The van der Waals surface area contributed by atoms with Gasteiger partial charge in [0.25, 0.3) is 0 Å². The first kappa shape index (κ1) is 16.2. The Morgan fingerprint density at radius 2 is 1.53 bits per heavy atom. The lowest BCUT2D eigenvalue weighted by atomic mass is 9.91. The first-order valence-electron chi connectivity index (χ1n) is 6.87. The van der Waals surface area contributed by atoms with Gasteiger partial charge in [-0.2, -0.15) is 0 Å². The SMILES string of the molecule is CCC(C)=C(C)C=C(C)C(C)=C(C)C(C)CC. The van der Waals surface area contributed by atoms with Crippen molar-refractivity contribution >= 4 is 0 Å². The van der Waals surface area contributed by atoms with Crippen LogP contribution >= 0.6 is 0 Å². The number of hydrogen-bond acceptors (Lipinski definition) is 0. The molecule has 0 aliphatic carbocycles. The van der Waals surface area contributed by atoms with Crippen molar-refractivity contribution in [2.24, 2.45) is 5.92 Å². The van der Waals surface area contributed by atoms with Gasteiger partial charge in [-0.25, -0.2) is 0 Å². The third kappa shape index (κ3) is 4.93. The van der Waals surface area contributed by atoms with Crippen LogP contribution in [0.2, 0.25) is 0 Å². The Labute approximate surface area is 109 Å². The zero-order valence-electron chi connectivity index (χ0n) is 13.1. The van der Waals surface area contributed by atoms with Gasteiger partial charge in [-0.3, -0.25) is 0 Å². The molecule has 1 unspecified atom stereocenters. The molecule has 98 valence electrons. The fourth-order valence-electron chi connectivity index (χ4n) is 1.82. The number of allylic oxidation sites excluding steroid dienone is 6. The molecule has 0 aromatic heterocycles. The maximum atomic E-state index is 2.33. The number of rotatable bonds is 5. The van der Waals surface area contributed by atoms with E-state index < -0.39 is 0 Å². The van der Waals surface area contributed by atoms with Crippen molar-refractivity contribution in [3.05, 3.63) is 33.9 Å². The Morgan fingerprint density at radius 1 is 1.00 bits per heavy atom. The smallest absolute Gasteiger partial charge is 0.0231 e. The molecule has 0 saturated heterocycles. The molecular weight excluding hydrogens is 204 g/mol. The summed E-state index contributed by atoms with van der Waals surface area (Å²) < 4.78 is 0. The Hall–Kier alpha value is -0.780. The van der Waals surface area contributed by atoms with Gasteiger partial charge in [0.1, 0.15) is 0 Å². The minimum atomic E-state index is 0.690. The highest BCUT2D eigenvalue weighted by Gasteiger charge is 2.06. The summed E-state index contributed by atoms with van der Waals surface area (Å²) in [5.74, 6) is 0.690. The van der Waals surface area contributed by atoms with Gasteiger partial charge in [-0.05, 0) is 64.5 Å². The lowest BCUT2D eigenvalue weighted by Gasteiger charge is -2.15. The predicted molar refractivity (Wildman–Crippen MR) is 80.3 cm³/mol. The van der Waals surface area contributed by atoms with Crippen LogP contribution in [0.4, 0.5) is 0 Å². The normalized spacial score (nSPS) is 17.5. The first-order valence-corrected chi connectivity index (χ1v) is 6.87. The number of hydrogen-bond donors (Lipinski definition) is 0. The van der Waals surface area contributed by atoms with Gasteiger partial charge in [0.15, 0.2) is 0 Å². The summed E-state index contributed by atoms with van der Waals surface area (Å²) in [5.41, 5.74) is 7.30. The minimum Gasteiger partial charge on any atom is -0.0707 e. The molecule has 1 atom stereocenters. The standard InChI is InChI=1S/C17H30/c1-9-12(3)14(5)11-15(6)17(8)16(7)13(4)10-2/h11,13H,9-10H2,1-8H3. The molecule has 0 radical (unpaired) electrons. The third-order valence-corrected chi connectivity index (χ3v) is 4.17. The van der Waals surface area contributed by atoms with E-state index in [4.69, 9.17) is 0 Å². The largest absolute Gasteiger partial charge is 0.0707 e. The van der Waals surface area contributed by atoms with Crippen LogP contribution in [-0.2, 0) is 0 Å². The average Bonchev–Trinajstić information content (AvgIpc) is 2.34. The van der Waals surface area contributed by atoms with Crippen molar-refractivity contribution in [3.8, 4) is 0 Å². The van der Waals surface area contributed by atoms with Gasteiger partial charge >= 0.3 is 0 Å². The quantitative estimate of drug-likeness (QED) is 0.507. The first-order chi connectivity index (χ1) is 7.84. The summed E-state index contributed by atoms with van der Waals surface area (Å²) in [6.07, 6.45) is 4.70. The van der Waals surface area contributed by atoms with Crippen molar-refractivity contribution in [2.75, 3.05) is 0 Å². The van der Waals surface area contributed by atoms with E-state index in [-0.39, 0.29) is 0 Å². The van der Waals surface area contributed by atoms with Gasteiger partial charge in [-0.15, -0.1) is 0 Å². The van der Waals surface area contributed by atoms with Crippen molar-refractivity contribution < 1.29 is 0 Å². The molecule has 0 amide bonds. The lowest BCUT2D eigenvalue weighted by molar-refractivity contribution is 0.649. The minimum absolute atomic E-state index is 0.690. The molecule has 0 heterocycles. The molecule has 0 aliphatic heterocycles. The molecule has 17 heavy (non-hydrogen) atoms. The summed E-state index contributed by atoms with van der Waals surface area (Å²) in [6, 6.07) is 0. The van der Waals surface area contributed by atoms with E-state index in [1.54, 1.807) is 0 Å². The Balaban J connectivity index is 5.19. The summed E-state index contributed by atoms with van der Waals surface area (Å²) in [4.78, 5) is 0. The Bertz CT molecular complexity index is 337. The fraction of sp³-hybridized carbons (Fsp3) is 0.647. The second-order valence-corrected chi connectivity index (χ2v) is 5.26. The summed E-state index contributed by atoms with van der Waals surface area (Å²) in [7, 11) is 0. The van der Waals surface area contributed by atoms with E-state index in [1.165, 1.54) is 34.3 Å². The molecule has 0 aliphatic rings. The second-order valence-electron chi connectivity index (χ2n) is 5.26. The van der Waals surface area contributed by atoms with Crippen molar-refractivity contribution in [1.82, 2.24) is 0 Å². The summed E-state index contributed by atoms with van der Waals surface area (Å²) in [5, 5.41) is 0. The molecule has 0 bridgehead atoms. The van der Waals surface area contributed by atoms with E-state index in [0.717, 1.165) is 6.42 Å². The van der Waals surface area contributed by atoms with Crippen LogP contribution in [0.5, 0.6) is 0 Å². The molecule has 0 fully saturated rings.